The molecule has 0 saturated heterocycles. The van der Waals surface area contributed by atoms with E-state index in [1.165, 1.54) is 12.8 Å². The second-order valence-electron chi connectivity index (χ2n) is 6.18. The highest BCUT2D eigenvalue weighted by Gasteiger charge is 2.31. The van der Waals surface area contributed by atoms with Crippen LogP contribution in [0.5, 0.6) is 0 Å². The molecule has 1 fully saturated rings. The number of ether oxygens (including phenoxy) is 2. The van der Waals surface area contributed by atoms with E-state index < -0.39 is 5.60 Å². The molecule has 0 aromatic rings. The van der Waals surface area contributed by atoms with Crippen LogP contribution in [0.1, 0.15) is 59.3 Å². The average Bonchev–Trinajstić information content (AvgIpc) is 2.50. The zero-order chi connectivity index (χ0) is 13.6. The Morgan fingerprint density at radius 1 is 1.17 bits per heavy atom. The highest BCUT2D eigenvalue weighted by Crippen LogP contribution is 2.29. The van der Waals surface area contributed by atoms with E-state index in [2.05, 4.69) is 0 Å². The van der Waals surface area contributed by atoms with Gasteiger partial charge in [-0.15, -0.1) is 0 Å². The lowest BCUT2D eigenvalue weighted by Crippen LogP contribution is -2.42. The minimum Gasteiger partial charge on any atom is -0.458 e. The molecule has 0 radical (unpaired) electrons. The summed E-state index contributed by atoms with van der Waals surface area (Å²) in [7, 11) is 0. The van der Waals surface area contributed by atoms with Crippen molar-refractivity contribution < 1.29 is 14.3 Å². The minimum absolute atomic E-state index is 0.00840. The summed E-state index contributed by atoms with van der Waals surface area (Å²) in [6.07, 6.45) is 6.63. The molecule has 18 heavy (non-hydrogen) atoms. The van der Waals surface area contributed by atoms with E-state index in [4.69, 9.17) is 15.2 Å². The van der Waals surface area contributed by atoms with Gasteiger partial charge in [0.05, 0.1) is 5.60 Å². The molecule has 0 unspecified atom stereocenters. The molecule has 0 aromatic carbocycles. The van der Waals surface area contributed by atoms with E-state index in [0.717, 1.165) is 25.7 Å². The molecule has 0 heterocycles. The highest BCUT2D eigenvalue weighted by molar-refractivity contribution is 5.71. The van der Waals surface area contributed by atoms with Crippen LogP contribution < -0.4 is 5.73 Å². The molecule has 0 bridgehead atoms. The third-order valence-electron chi connectivity index (χ3n) is 3.30. The first-order valence-corrected chi connectivity index (χ1v) is 6.93. The number of rotatable bonds is 4. The van der Waals surface area contributed by atoms with Gasteiger partial charge in [-0.25, -0.2) is 4.79 Å². The summed E-state index contributed by atoms with van der Waals surface area (Å²) in [5, 5.41) is 0. The molecule has 0 aromatic heterocycles. The second-order valence-corrected chi connectivity index (χ2v) is 6.18. The number of esters is 1. The Labute approximate surface area is 110 Å². The SMILES string of the molecule is CC(C)(C)OC(=O)COC1(CN)CCCCCC1. The van der Waals surface area contributed by atoms with Crippen LogP contribution in [-0.4, -0.2) is 30.3 Å². The Hall–Kier alpha value is -0.610. The molecule has 0 atom stereocenters. The Balaban J connectivity index is 2.45. The maximum Gasteiger partial charge on any atom is 0.332 e. The molecule has 0 amide bonds. The Morgan fingerprint density at radius 2 is 1.72 bits per heavy atom. The largest absolute Gasteiger partial charge is 0.458 e. The van der Waals surface area contributed by atoms with E-state index >= 15 is 0 Å². The zero-order valence-electron chi connectivity index (χ0n) is 12.0. The summed E-state index contributed by atoms with van der Waals surface area (Å²) >= 11 is 0. The van der Waals surface area contributed by atoms with Crippen molar-refractivity contribution in [1.82, 2.24) is 0 Å². The Morgan fingerprint density at radius 3 is 2.17 bits per heavy atom. The van der Waals surface area contributed by atoms with Crippen LogP contribution in [0.4, 0.5) is 0 Å². The summed E-state index contributed by atoms with van der Waals surface area (Å²) in [5.74, 6) is -0.306. The predicted molar refractivity (Wildman–Crippen MR) is 71.3 cm³/mol. The maximum absolute atomic E-state index is 11.7. The summed E-state index contributed by atoms with van der Waals surface area (Å²) < 4.78 is 11.1. The number of carbonyl (C=O) groups is 1. The van der Waals surface area contributed by atoms with Crippen LogP contribution in [0.15, 0.2) is 0 Å². The topological polar surface area (TPSA) is 61.5 Å². The van der Waals surface area contributed by atoms with Crippen LogP contribution >= 0.6 is 0 Å². The van der Waals surface area contributed by atoms with Gasteiger partial charge in [0.25, 0.3) is 0 Å². The molecule has 0 aliphatic heterocycles. The number of carbonyl (C=O) groups excluding carboxylic acids is 1. The van der Waals surface area contributed by atoms with Crippen molar-refractivity contribution in [3.63, 3.8) is 0 Å². The van der Waals surface area contributed by atoms with Crippen LogP contribution in [-0.2, 0) is 14.3 Å². The van der Waals surface area contributed by atoms with Gasteiger partial charge < -0.3 is 15.2 Å². The molecule has 1 aliphatic carbocycles. The highest BCUT2D eigenvalue weighted by atomic mass is 16.6. The van der Waals surface area contributed by atoms with E-state index in [1.54, 1.807) is 0 Å². The molecule has 4 nitrogen and oxygen atoms in total. The number of hydrogen-bond acceptors (Lipinski definition) is 4. The smallest absolute Gasteiger partial charge is 0.332 e. The Kier molecular flexibility index (Phi) is 5.60. The predicted octanol–water partition coefficient (Wildman–Crippen LogP) is 2.40. The normalized spacial score (nSPS) is 20.2. The summed E-state index contributed by atoms with van der Waals surface area (Å²) in [6, 6.07) is 0. The van der Waals surface area contributed by atoms with Gasteiger partial charge in [-0.1, -0.05) is 25.7 Å². The number of hydrogen-bond donors (Lipinski definition) is 1. The molecular formula is C14H27NO3. The molecule has 106 valence electrons. The van der Waals surface area contributed by atoms with Crippen LogP contribution in [0, 0.1) is 0 Å². The van der Waals surface area contributed by atoms with Gasteiger partial charge in [-0.3, -0.25) is 0 Å². The monoisotopic (exact) mass is 257 g/mol. The fraction of sp³-hybridized carbons (Fsp3) is 0.929. The van der Waals surface area contributed by atoms with Crippen molar-refractivity contribution in [1.29, 1.82) is 0 Å². The lowest BCUT2D eigenvalue weighted by Gasteiger charge is -2.31. The van der Waals surface area contributed by atoms with E-state index in [-0.39, 0.29) is 18.2 Å². The minimum atomic E-state index is -0.459. The van der Waals surface area contributed by atoms with Crippen molar-refractivity contribution in [3.05, 3.63) is 0 Å². The van der Waals surface area contributed by atoms with E-state index in [0.29, 0.717) is 6.54 Å². The van der Waals surface area contributed by atoms with Crippen molar-refractivity contribution in [2.45, 2.75) is 70.5 Å². The third-order valence-corrected chi connectivity index (χ3v) is 3.30. The Bertz CT molecular complexity index is 263. The standard InChI is InChI=1S/C14H27NO3/c1-13(2,3)18-12(16)10-17-14(11-15)8-6-4-5-7-9-14/h4-11,15H2,1-3H3. The second kappa shape index (κ2) is 6.53. The van der Waals surface area contributed by atoms with Gasteiger partial charge in [0.2, 0.25) is 0 Å². The van der Waals surface area contributed by atoms with Gasteiger partial charge in [0.15, 0.2) is 0 Å². The summed E-state index contributed by atoms with van der Waals surface area (Å²) in [4.78, 5) is 11.7. The van der Waals surface area contributed by atoms with Gasteiger partial charge in [0.1, 0.15) is 12.2 Å². The zero-order valence-corrected chi connectivity index (χ0v) is 12.0. The lowest BCUT2D eigenvalue weighted by atomic mass is 9.94. The van der Waals surface area contributed by atoms with Gasteiger partial charge in [-0.05, 0) is 33.6 Å². The molecular weight excluding hydrogens is 230 g/mol. The van der Waals surface area contributed by atoms with Crippen molar-refractivity contribution in [2.24, 2.45) is 5.73 Å². The van der Waals surface area contributed by atoms with Crippen LogP contribution in [0.25, 0.3) is 0 Å². The molecule has 2 N–H and O–H groups in total. The van der Waals surface area contributed by atoms with E-state index in [9.17, 15) is 4.79 Å². The summed E-state index contributed by atoms with van der Waals surface area (Å²) in [5.41, 5.74) is 5.07. The molecule has 4 heteroatoms. The molecule has 1 rings (SSSR count). The fourth-order valence-corrected chi connectivity index (χ4v) is 2.36. The first-order chi connectivity index (χ1) is 8.37. The van der Waals surface area contributed by atoms with Crippen LogP contribution in [0.2, 0.25) is 0 Å². The van der Waals surface area contributed by atoms with Crippen molar-refractivity contribution in [2.75, 3.05) is 13.2 Å². The quantitative estimate of drug-likeness (QED) is 0.620. The molecule has 1 saturated carbocycles. The van der Waals surface area contributed by atoms with Crippen LogP contribution in [0.3, 0.4) is 0 Å². The van der Waals surface area contributed by atoms with E-state index in [1.807, 2.05) is 20.8 Å². The molecule has 0 spiro atoms. The maximum atomic E-state index is 11.7. The van der Waals surface area contributed by atoms with Crippen molar-refractivity contribution >= 4 is 5.97 Å². The lowest BCUT2D eigenvalue weighted by molar-refractivity contribution is -0.167. The average molecular weight is 257 g/mol. The number of nitrogens with two attached hydrogens (primary N) is 1. The van der Waals surface area contributed by atoms with Gasteiger partial charge in [-0.2, -0.15) is 0 Å². The first-order valence-electron chi connectivity index (χ1n) is 6.93. The summed E-state index contributed by atoms with van der Waals surface area (Å²) in [6.45, 7) is 6.06. The van der Waals surface area contributed by atoms with Gasteiger partial charge in [0, 0.05) is 6.54 Å². The third kappa shape index (κ3) is 5.36. The first kappa shape index (κ1) is 15.4. The van der Waals surface area contributed by atoms with Gasteiger partial charge >= 0.3 is 5.97 Å². The van der Waals surface area contributed by atoms with Crippen molar-refractivity contribution in [3.8, 4) is 0 Å². The fourth-order valence-electron chi connectivity index (χ4n) is 2.36. The molecule has 1 aliphatic rings.